The number of piperidine rings is 1. The van der Waals surface area contributed by atoms with Crippen LogP contribution in [-0.4, -0.2) is 57.5 Å². The first-order valence-corrected chi connectivity index (χ1v) is 11.0. The molecule has 0 N–H and O–H groups in total. The van der Waals surface area contributed by atoms with Gasteiger partial charge in [-0.25, -0.2) is 8.42 Å². The third-order valence-electron chi connectivity index (χ3n) is 5.26. The molecule has 0 aromatic heterocycles. The molecule has 0 bridgehead atoms. The molecule has 7 heteroatoms. The Labute approximate surface area is 155 Å². The summed E-state index contributed by atoms with van der Waals surface area (Å²) in [6.07, 6.45) is 2.92. The lowest BCUT2D eigenvalue weighted by Crippen LogP contribution is -2.45. The van der Waals surface area contributed by atoms with E-state index in [0.717, 1.165) is 30.9 Å². The second-order valence-electron chi connectivity index (χ2n) is 7.21. The maximum Gasteiger partial charge on any atom is 0.225 e. The number of likely N-dealkylation sites (tertiary alicyclic amines) is 1. The van der Waals surface area contributed by atoms with Crippen LogP contribution in [0.4, 0.5) is 0 Å². The van der Waals surface area contributed by atoms with Gasteiger partial charge in [-0.1, -0.05) is 6.07 Å². The fourth-order valence-electron chi connectivity index (χ4n) is 3.70. The Morgan fingerprint density at radius 2 is 1.92 bits per heavy atom. The highest BCUT2D eigenvalue weighted by molar-refractivity contribution is 7.91. The summed E-state index contributed by atoms with van der Waals surface area (Å²) in [6, 6.07) is 7.52. The van der Waals surface area contributed by atoms with Gasteiger partial charge in [-0.15, -0.1) is 0 Å². The van der Waals surface area contributed by atoms with Crippen LogP contribution in [-0.2, 0) is 14.6 Å². The molecule has 144 valence electrons. The quantitative estimate of drug-likeness (QED) is 0.781. The van der Waals surface area contributed by atoms with Gasteiger partial charge in [0.15, 0.2) is 0 Å². The van der Waals surface area contributed by atoms with E-state index < -0.39 is 9.84 Å². The standard InChI is InChI=1S/C19H27NO5S/c1-24-17-5-2-6-18(12-17)25-14-15-4-3-9-20(13-15)19(21)16-7-10-26(22,23)11-8-16/h2,5-6,12,15-16H,3-4,7-11,13-14H2,1H3/t15-/m1/s1. The number of hydrogen-bond acceptors (Lipinski definition) is 5. The van der Waals surface area contributed by atoms with E-state index in [-0.39, 0.29) is 23.3 Å². The van der Waals surface area contributed by atoms with Crippen LogP contribution in [0.5, 0.6) is 11.5 Å². The molecule has 1 aromatic rings. The maximum absolute atomic E-state index is 12.7. The van der Waals surface area contributed by atoms with Crippen LogP contribution in [0.2, 0.25) is 0 Å². The summed E-state index contributed by atoms with van der Waals surface area (Å²) in [4.78, 5) is 14.6. The minimum atomic E-state index is -2.94. The van der Waals surface area contributed by atoms with Crippen molar-refractivity contribution in [1.29, 1.82) is 0 Å². The number of benzene rings is 1. The lowest BCUT2D eigenvalue weighted by molar-refractivity contribution is -0.137. The van der Waals surface area contributed by atoms with Crippen molar-refractivity contribution >= 4 is 15.7 Å². The van der Waals surface area contributed by atoms with Crippen molar-refractivity contribution in [2.45, 2.75) is 25.7 Å². The molecule has 2 saturated heterocycles. The first-order chi connectivity index (χ1) is 12.5. The first kappa shape index (κ1) is 19.0. The molecular formula is C19H27NO5S. The van der Waals surface area contributed by atoms with Crippen molar-refractivity contribution in [2.24, 2.45) is 11.8 Å². The summed E-state index contributed by atoms with van der Waals surface area (Å²) in [5.74, 6) is 2.08. The van der Waals surface area contributed by atoms with Crippen molar-refractivity contribution in [2.75, 3.05) is 38.3 Å². The van der Waals surface area contributed by atoms with Gasteiger partial charge < -0.3 is 14.4 Å². The van der Waals surface area contributed by atoms with Crippen LogP contribution in [0.1, 0.15) is 25.7 Å². The minimum Gasteiger partial charge on any atom is -0.497 e. The van der Waals surface area contributed by atoms with Crippen LogP contribution < -0.4 is 9.47 Å². The fraction of sp³-hybridized carbons (Fsp3) is 0.632. The highest BCUT2D eigenvalue weighted by Gasteiger charge is 2.33. The average molecular weight is 381 g/mol. The zero-order valence-electron chi connectivity index (χ0n) is 15.2. The van der Waals surface area contributed by atoms with Crippen LogP contribution in [0, 0.1) is 11.8 Å². The van der Waals surface area contributed by atoms with Gasteiger partial charge in [0.1, 0.15) is 21.3 Å². The third kappa shape index (κ3) is 4.90. The second-order valence-corrected chi connectivity index (χ2v) is 9.51. The molecular weight excluding hydrogens is 354 g/mol. The fourth-order valence-corrected chi connectivity index (χ4v) is 5.19. The second kappa shape index (κ2) is 8.29. The normalized spacial score (nSPS) is 23.4. The van der Waals surface area contributed by atoms with Crippen LogP contribution in [0.25, 0.3) is 0 Å². The molecule has 26 heavy (non-hydrogen) atoms. The van der Waals surface area contributed by atoms with Gasteiger partial charge in [0.25, 0.3) is 0 Å². The Hall–Kier alpha value is -1.76. The van der Waals surface area contributed by atoms with Gasteiger partial charge in [-0.05, 0) is 37.8 Å². The third-order valence-corrected chi connectivity index (χ3v) is 6.98. The molecule has 0 saturated carbocycles. The van der Waals surface area contributed by atoms with E-state index in [9.17, 15) is 13.2 Å². The first-order valence-electron chi connectivity index (χ1n) is 9.23. The van der Waals surface area contributed by atoms with Crippen LogP contribution in [0.3, 0.4) is 0 Å². The van der Waals surface area contributed by atoms with E-state index in [1.54, 1.807) is 7.11 Å². The molecule has 0 unspecified atom stereocenters. The Kier molecular flexibility index (Phi) is 6.06. The van der Waals surface area contributed by atoms with Crippen molar-refractivity contribution < 1.29 is 22.7 Å². The van der Waals surface area contributed by atoms with Crippen molar-refractivity contribution in [1.82, 2.24) is 4.90 Å². The Balaban J connectivity index is 1.51. The summed E-state index contributed by atoms with van der Waals surface area (Å²) in [5, 5.41) is 0. The minimum absolute atomic E-state index is 0.117. The number of rotatable bonds is 5. The zero-order valence-corrected chi connectivity index (χ0v) is 16.0. The molecule has 6 nitrogen and oxygen atoms in total. The van der Waals surface area contributed by atoms with E-state index in [2.05, 4.69) is 0 Å². The smallest absolute Gasteiger partial charge is 0.225 e. The number of amides is 1. The number of hydrogen-bond donors (Lipinski definition) is 0. The van der Waals surface area contributed by atoms with Gasteiger partial charge in [-0.2, -0.15) is 0 Å². The van der Waals surface area contributed by atoms with Crippen molar-refractivity contribution in [3.8, 4) is 11.5 Å². The SMILES string of the molecule is COc1cccc(OC[C@@H]2CCCN(C(=O)C3CCS(=O)(=O)CC3)C2)c1. The number of methoxy groups -OCH3 is 1. The molecule has 1 amide bonds. The van der Waals surface area contributed by atoms with E-state index in [1.165, 1.54) is 0 Å². The van der Waals surface area contributed by atoms with Crippen LogP contribution >= 0.6 is 0 Å². The van der Waals surface area contributed by atoms with Crippen molar-refractivity contribution in [3.05, 3.63) is 24.3 Å². The van der Waals surface area contributed by atoms with Gasteiger partial charge in [0.2, 0.25) is 5.91 Å². The Morgan fingerprint density at radius 3 is 2.65 bits per heavy atom. The Bertz CT molecular complexity index is 719. The summed E-state index contributed by atoms with van der Waals surface area (Å²) in [6.45, 7) is 2.01. The maximum atomic E-state index is 12.7. The number of carbonyl (C=O) groups is 1. The molecule has 0 radical (unpaired) electrons. The van der Waals surface area contributed by atoms with E-state index in [4.69, 9.17) is 9.47 Å². The molecule has 3 rings (SSSR count). The molecule has 2 fully saturated rings. The van der Waals surface area contributed by atoms with Gasteiger partial charge in [0, 0.05) is 31.0 Å². The largest absolute Gasteiger partial charge is 0.497 e. The summed E-state index contributed by atoms with van der Waals surface area (Å²) < 4.78 is 34.2. The molecule has 1 aromatic carbocycles. The molecule has 2 aliphatic rings. The predicted octanol–water partition coefficient (Wildman–Crippen LogP) is 2.14. The molecule has 2 heterocycles. The summed E-state index contributed by atoms with van der Waals surface area (Å²) >= 11 is 0. The molecule has 1 atom stereocenters. The van der Waals surface area contributed by atoms with Gasteiger partial charge in [-0.3, -0.25) is 4.79 Å². The highest BCUT2D eigenvalue weighted by atomic mass is 32.2. The lowest BCUT2D eigenvalue weighted by atomic mass is 9.95. The van der Waals surface area contributed by atoms with Crippen molar-refractivity contribution in [3.63, 3.8) is 0 Å². The summed E-state index contributed by atoms with van der Waals surface area (Å²) in [5.41, 5.74) is 0. The molecule has 0 spiro atoms. The van der Waals surface area contributed by atoms with Gasteiger partial charge >= 0.3 is 0 Å². The topological polar surface area (TPSA) is 72.9 Å². The monoisotopic (exact) mass is 381 g/mol. The average Bonchev–Trinajstić information content (AvgIpc) is 2.66. The number of carbonyl (C=O) groups excluding carboxylic acids is 1. The lowest BCUT2D eigenvalue weighted by Gasteiger charge is -2.35. The number of nitrogens with zero attached hydrogens (tertiary/aromatic N) is 1. The van der Waals surface area contributed by atoms with E-state index in [1.807, 2.05) is 29.2 Å². The van der Waals surface area contributed by atoms with E-state index in [0.29, 0.717) is 31.9 Å². The summed E-state index contributed by atoms with van der Waals surface area (Å²) in [7, 11) is -1.31. The molecule has 2 aliphatic heterocycles. The predicted molar refractivity (Wildman–Crippen MR) is 99.2 cm³/mol. The molecule has 0 aliphatic carbocycles. The van der Waals surface area contributed by atoms with E-state index >= 15 is 0 Å². The zero-order chi connectivity index (χ0) is 18.6. The number of sulfone groups is 1. The van der Waals surface area contributed by atoms with Crippen LogP contribution in [0.15, 0.2) is 24.3 Å². The highest BCUT2D eigenvalue weighted by Crippen LogP contribution is 2.26. The Morgan fingerprint density at radius 1 is 1.19 bits per heavy atom. The number of ether oxygens (including phenoxy) is 2. The van der Waals surface area contributed by atoms with Gasteiger partial charge in [0.05, 0.1) is 25.2 Å².